The summed E-state index contributed by atoms with van der Waals surface area (Å²) in [6, 6.07) is 4.28. The van der Waals surface area contributed by atoms with Crippen LogP contribution in [0.1, 0.15) is 24.1 Å². The predicted octanol–water partition coefficient (Wildman–Crippen LogP) is 2.01. The third-order valence-electron chi connectivity index (χ3n) is 5.23. The van der Waals surface area contributed by atoms with E-state index in [1.165, 1.54) is 11.1 Å². The van der Waals surface area contributed by atoms with Crippen LogP contribution in [0.4, 0.5) is 0 Å². The van der Waals surface area contributed by atoms with Gasteiger partial charge < -0.3 is 4.74 Å². The highest BCUT2D eigenvalue weighted by Gasteiger charge is 2.48. The minimum atomic E-state index is -3.16. The van der Waals surface area contributed by atoms with Crippen LogP contribution in [0.2, 0.25) is 0 Å². The van der Waals surface area contributed by atoms with Crippen molar-refractivity contribution in [2.75, 3.05) is 39.6 Å². The van der Waals surface area contributed by atoms with Gasteiger partial charge in [0.15, 0.2) is 0 Å². The molecule has 0 N–H and O–H groups in total. The predicted molar refractivity (Wildman–Crippen MR) is 93.1 cm³/mol. The Morgan fingerprint density at radius 2 is 2.13 bits per heavy atom. The summed E-state index contributed by atoms with van der Waals surface area (Å²) < 4.78 is 31.1. The van der Waals surface area contributed by atoms with Gasteiger partial charge in [-0.05, 0) is 49.2 Å². The highest BCUT2D eigenvalue weighted by molar-refractivity contribution is 7.88. The molecule has 5 nitrogen and oxygen atoms in total. The molecule has 0 amide bonds. The van der Waals surface area contributed by atoms with Crippen LogP contribution in [-0.2, 0) is 21.3 Å². The van der Waals surface area contributed by atoms with E-state index in [2.05, 4.69) is 22.4 Å². The molecule has 1 aromatic heterocycles. The van der Waals surface area contributed by atoms with Gasteiger partial charge in [-0.2, -0.15) is 4.31 Å². The molecule has 3 rings (SSSR count). The number of hydrogen-bond acceptors (Lipinski definition) is 5. The fraction of sp³-hybridized carbons (Fsp3) is 0.750. The summed E-state index contributed by atoms with van der Waals surface area (Å²) in [5.41, 5.74) is 0.137. The van der Waals surface area contributed by atoms with E-state index in [9.17, 15) is 8.42 Å². The summed E-state index contributed by atoms with van der Waals surface area (Å²) in [5, 5.41) is 2.12. The lowest BCUT2D eigenvalue weighted by Gasteiger charge is -2.39. The zero-order valence-electron chi connectivity index (χ0n) is 13.9. The first-order valence-electron chi connectivity index (χ1n) is 8.12. The Bertz CT molecular complexity index is 607. The van der Waals surface area contributed by atoms with Gasteiger partial charge in [0.25, 0.3) is 0 Å². The smallest absolute Gasteiger partial charge is 0.211 e. The molecule has 2 saturated heterocycles. The van der Waals surface area contributed by atoms with Crippen molar-refractivity contribution in [3.63, 3.8) is 0 Å². The van der Waals surface area contributed by atoms with E-state index >= 15 is 0 Å². The molecular weight excluding hydrogens is 332 g/mol. The van der Waals surface area contributed by atoms with Crippen molar-refractivity contribution in [2.45, 2.75) is 31.8 Å². The van der Waals surface area contributed by atoms with Gasteiger partial charge in [0.1, 0.15) is 0 Å². The Hall–Kier alpha value is -0.470. The number of nitrogens with zero attached hydrogens (tertiary/aromatic N) is 2. The SMILES string of the molecule is COC[C@H]1CC2(CCN(Cc3cccs3)CC2)CN1S(C)(=O)=O. The molecule has 0 aromatic carbocycles. The molecule has 23 heavy (non-hydrogen) atoms. The average molecular weight is 359 g/mol. The topological polar surface area (TPSA) is 49.9 Å². The molecule has 0 bridgehead atoms. The van der Waals surface area contributed by atoms with E-state index in [1.54, 1.807) is 22.8 Å². The normalized spacial score (nSPS) is 26.1. The van der Waals surface area contributed by atoms with Crippen LogP contribution < -0.4 is 0 Å². The molecule has 2 fully saturated rings. The van der Waals surface area contributed by atoms with Crippen LogP contribution in [0.5, 0.6) is 0 Å². The molecule has 7 heteroatoms. The largest absolute Gasteiger partial charge is 0.383 e. The zero-order valence-corrected chi connectivity index (χ0v) is 15.5. The van der Waals surface area contributed by atoms with Gasteiger partial charge in [0.05, 0.1) is 12.9 Å². The Morgan fingerprint density at radius 1 is 1.39 bits per heavy atom. The average Bonchev–Trinajstić information content (AvgIpc) is 3.10. The summed E-state index contributed by atoms with van der Waals surface area (Å²) in [7, 11) is -1.51. The number of hydrogen-bond donors (Lipinski definition) is 0. The molecule has 1 atom stereocenters. The van der Waals surface area contributed by atoms with Gasteiger partial charge in [-0.15, -0.1) is 11.3 Å². The Balaban J connectivity index is 1.63. The van der Waals surface area contributed by atoms with Crippen LogP contribution in [0.3, 0.4) is 0 Å². The van der Waals surface area contributed by atoms with Crippen LogP contribution in [-0.4, -0.2) is 63.3 Å². The standard InChI is InChI=1S/C16H26N2O3S2/c1-21-12-14-10-16(13-18(14)23(2,19)20)5-7-17(8-6-16)11-15-4-3-9-22-15/h3-4,9,14H,5-8,10-13H2,1-2H3/t14-/m1/s1. The number of methoxy groups -OCH3 is 1. The molecule has 2 aliphatic rings. The van der Waals surface area contributed by atoms with Gasteiger partial charge in [0.2, 0.25) is 10.0 Å². The van der Waals surface area contributed by atoms with Crippen molar-refractivity contribution >= 4 is 21.4 Å². The summed E-state index contributed by atoms with van der Waals surface area (Å²) in [6.07, 6.45) is 4.40. The molecule has 3 heterocycles. The maximum atomic E-state index is 12.1. The maximum absolute atomic E-state index is 12.1. The van der Waals surface area contributed by atoms with Gasteiger partial charge in [0, 0.05) is 31.1 Å². The summed E-state index contributed by atoms with van der Waals surface area (Å²) in [5.74, 6) is 0. The summed E-state index contributed by atoms with van der Waals surface area (Å²) in [4.78, 5) is 3.90. The maximum Gasteiger partial charge on any atom is 0.211 e. The van der Waals surface area contributed by atoms with Crippen molar-refractivity contribution in [1.29, 1.82) is 0 Å². The highest BCUT2D eigenvalue weighted by atomic mass is 32.2. The first-order valence-corrected chi connectivity index (χ1v) is 10.9. The second-order valence-corrected chi connectivity index (χ2v) is 9.94. The van der Waals surface area contributed by atoms with Crippen LogP contribution in [0, 0.1) is 5.41 Å². The summed E-state index contributed by atoms with van der Waals surface area (Å²) >= 11 is 1.81. The van der Waals surface area contributed by atoms with E-state index in [1.807, 2.05) is 0 Å². The fourth-order valence-electron chi connectivity index (χ4n) is 4.02. The molecule has 1 aromatic rings. The number of ether oxygens (including phenoxy) is 1. The van der Waals surface area contributed by atoms with Gasteiger partial charge in [-0.25, -0.2) is 8.42 Å². The second kappa shape index (κ2) is 6.80. The third kappa shape index (κ3) is 3.96. The van der Waals surface area contributed by atoms with E-state index < -0.39 is 10.0 Å². The van der Waals surface area contributed by atoms with Crippen LogP contribution >= 0.6 is 11.3 Å². The Kier molecular flexibility index (Phi) is 5.13. The van der Waals surface area contributed by atoms with Crippen molar-refractivity contribution in [2.24, 2.45) is 5.41 Å². The second-order valence-electron chi connectivity index (χ2n) is 6.98. The number of thiophene rings is 1. The molecule has 130 valence electrons. The molecule has 1 spiro atoms. The van der Waals surface area contributed by atoms with Gasteiger partial charge in [-0.3, -0.25) is 4.90 Å². The van der Waals surface area contributed by atoms with Crippen molar-refractivity contribution in [1.82, 2.24) is 9.21 Å². The molecular formula is C16H26N2O3S2. The van der Waals surface area contributed by atoms with Crippen molar-refractivity contribution in [3.8, 4) is 0 Å². The minimum absolute atomic E-state index is 0.00107. The first kappa shape index (κ1) is 17.4. The molecule has 0 unspecified atom stereocenters. The minimum Gasteiger partial charge on any atom is -0.383 e. The fourth-order valence-corrected chi connectivity index (χ4v) is 5.95. The van der Waals surface area contributed by atoms with Crippen LogP contribution in [0.15, 0.2) is 17.5 Å². The third-order valence-corrected chi connectivity index (χ3v) is 7.37. The van der Waals surface area contributed by atoms with E-state index in [0.29, 0.717) is 13.2 Å². The van der Waals surface area contributed by atoms with Gasteiger partial charge in [-0.1, -0.05) is 6.07 Å². The van der Waals surface area contributed by atoms with Crippen molar-refractivity contribution < 1.29 is 13.2 Å². The molecule has 2 aliphatic heterocycles. The Labute approximate surface area is 143 Å². The first-order chi connectivity index (χ1) is 10.9. The quantitative estimate of drug-likeness (QED) is 0.808. The van der Waals surface area contributed by atoms with Crippen LogP contribution in [0.25, 0.3) is 0 Å². The van der Waals surface area contributed by atoms with Gasteiger partial charge >= 0.3 is 0 Å². The lowest BCUT2D eigenvalue weighted by atomic mass is 9.76. The number of sulfonamides is 1. The zero-order chi connectivity index (χ0) is 16.5. The monoisotopic (exact) mass is 358 g/mol. The van der Waals surface area contributed by atoms with E-state index in [4.69, 9.17) is 4.74 Å². The molecule has 0 radical (unpaired) electrons. The van der Waals surface area contributed by atoms with E-state index in [-0.39, 0.29) is 11.5 Å². The van der Waals surface area contributed by atoms with Crippen molar-refractivity contribution in [3.05, 3.63) is 22.4 Å². The number of likely N-dealkylation sites (tertiary alicyclic amines) is 1. The Morgan fingerprint density at radius 3 is 2.70 bits per heavy atom. The number of rotatable bonds is 5. The molecule has 0 aliphatic carbocycles. The van der Waals surface area contributed by atoms with E-state index in [0.717, 1.165) is 38.9 Å². The molecule has 0 saturated carbocycles. The summed E-state index contributed by atoms with van der Waals surface area (Å²) in [6.45, 7) is 4.27. The highest BCUT2D eigenvalue weighted by Crippen LogP contribution is 2.44. The lowest BCUT2D eigenvalue weighted by Crippen LogP contribution is -2.42. The lowest BCUT2D eigenvalue weighted by molar-refractivity contribution is 0.106. The number of piperidine rings is 1.